The monoisotopic (exact) mass is 306 g/mol. The molecule has 0 radical (unpaired) electrons. The molecule has 3 rings (SSSR count). The molecule has 2 aromatic rings. The summed E-state index contributed by atoms with van der Waals surface area (Å²) in [6.07, 6.45) is 2.37. The first-order valence-electron chi connectivity index (χ1n) is 7.19. The fraction of sp³-hybridized carbons (Fsp3) is 0.571. The van der Waals surface area contributed by atoms with Crippen LogP contribution in [0.15, 0.2) is 15.9 Å². The topological polar surface area (TPSA) is 88.1 Å². The van der Waals surface area contributed by atoms with E-state index < -0.39 is 11.2 Å². The zero-order chi connectivity index (χ0) is 16.0. The highest BCUT2D eigenvalue weighted by molar-refractivity contribution is 5.75. The number of nitrogens with zero attached hydrogens (tertiary/aromatic N) is 4. The Morgan fingerprint density at radius 3 is 2.68 bits per heavy atom. The highest BCUT2D eigenvalue weighted by Gasteiger charge is 2.40. The average molecular weight is 306 g/mol. The average Bonchev–Trinajstić information content (AvgIpc) is 3.07. The molecule has 2 aromatic heterocycles. The van der Waals surface area contributed by atoms with Crippen LogP contribution >= 0.6 is 0 Å². The van der Waals surface area contributed by atoms with Crippen LogP contribution in [0.5, 0.6) is 0 Å². The minimum absolute atomic E-state index is 0.0215. The van der Waals surface area contributed by atoms with Crippen molar-refractivity contribution >= 4 is 17.1 Å². The molecule has 2 atom stereocenters. The number of ether oxygens (including phenoxy) is 1. The van der Waals surface area contributed by atoms with Crippen LogP contribution in [0, 0.1) is 11.8 Å². The molecule has 0 spiro atoms. The Labute approximate surface area is 125 Å². The minimum Gasteiger partial charge on any atom is -0.464 e. The lowest BCUT2D eigenvalue weighted by Gasteiger charge is -2.07. The number of fused-ring (bicyclic) bond motifs is 1. The molecular formula is C14H18N4O4. The van der Waals surface area contributed by atoms with E-state index in [0.29, 0.717) is 23.6 Å². The largest absolute Gasteiger partial charge is 0.464 e. The van der Waals surface area contributed by atoms with Crippen molar-refractivity contribution in [3.8, 4) is 0 Å². The molecule has 0 bridgehead atoms. The zero-order valence-electron chi connectivity index (χ0n) is 12.8. The summed E-state index contributed by atoms with van der Waals surface area (Å²) in [7, 11) is 2.99. The van der Waals surface area contributed by atoms with E-state index in [1.54, 1.807) is 11.6 Å². The maximum atomic E-state index is 12.2. The first-order chi connectivity index (χ1) is 10.4. The van der Waals surface area contributed by atoms with Gasteiger partial charge in [0.25, 0.3) is 5.56 Å². The molecule has 2 heterocycles. The molecule has 0 aromatic carbocycles. The van der Waals surface area contributed by atoms with E-state index in [1.165, 1.54) is 17.9 Å². The SMILES string of the molecule is CC1CC1C(=O)OCCn1cnc2c1c(=O)n(C)c(=O)n2C. The fourth-order valence-corrected chi connectivity index (χ4v) is 2.57. The molecule has 0 N–H and O–H groups in total. The maximum Gasteiger partial charge on any atom is 0.332 e. The second-order valence-corrected chi connectivity index (χ2v) is 5.80. The van der Waals surface area contributed by atoms with Gasteiger partial charge in [0.15, 0.2) is 11.2 Å². The van der Waals surface area contributed by atoms with Gasteiger partial charge >= 0.3 is 11.7 Å². The lowest BCUT2D eigenvalue weighted by Crippen LogP contribution is -2.37. The number of esters is 1. The predicted octanol–water partition coefficient (Wildman–Crippen LogP) is -0.367. The summed E-state index contributed by atoms with van der Waals surface area (Å²) < 4.78 is 9.19. The van der Waals surface area contributed by atoms with Crippen molar-refractivity contribution in [2.45, 2.75) is 19.9 Å². The van der Waals surface area contributed by atoms with E-state index in [-0.39, 0.29) is 18.5 Å². The van der Waals surface area contributed by atoms with Gasteiger partial charge in [0, 0.05) is 14.1 Å². The third-order valence-electron chi connectivity index (χ3n) is 4.21. The molecule has 22 heavy (non-hydrogen) atoms. The standard InChI is InChI=1S/C14H18N4O4/c1-8-6-9(8)13(20)22-5-4-18-7-15-11-10(18)12(19)17(3)14(21)16(11)2/h7-9H,4-6H2,1-3H3. The molecule has 1 fully saturated rings. The van der Waals surface area contributed by atoms with Gasteiger partial charge in [0.2, 0.25) is 0 Å². The first kappa shape index (κ1) is 14.6. The van der Waals surface area contributed by atoms with Gasteiger partial charge in [-0.15, -0.1) is 0 Å². The van der Waals surface area contributed by atoms with Gasteiger partial charge in [-0.25, -0.2) is 9.78 Å². The lowest BCUT2D eigenvalue weighted by atomic mass is 10.3. The number of imidazole rings is 1. The molecule has 1 aliphatic rings. The Kier molecular flexibility index (Phi) is 3.38. The number of hydrogen-bond donors (Lipinski definition) is 0. The molecule has 8 nitrogen and oxygen atoms in total. The van der Waals surface area contributed by atoms with Crippen molar-refractivity contribution in [3.05, 3.63) is 27.2 Å². The van der Waals surface area contributed by atoms with Gasteiger partial charge in [0.05, 0.1) is 18.8 Å². The van der Waals surface area contributed by atoms with Crippen LogP contribution in [0.4, 0.5) is 0 Å². The third kappa shape index (κ3) is 2.24. The highest BCUT2D eigenvalue weighted by Crippen LogP contribution is 2.38. The molecule has 1 saturated carbocycles. The number of carbonyl (C=O) groups is 1. The van der Waals surface area contributed by atoms with Gasteiger partial charge in [-0.05, 0) is 12.3 Å². The van der Waals surface area contributed by atoms with Gasteiger partial charge in [-0.3, -0.25) is 18.7 Å². The number of aryl methyl sites for hydroxylation is 1. The molecular weight excluding hydrogens is 288 g/mol. The Morgan fingerprint density at radius 1 is 1.36 bits per heavy atom. The fourth-order valence-electron chi connectivity index (χ4n) is 2.57. The second kappa shape index (κ2) is 5.11. The van der Waals surface area contributed by atoms with E-state index in [2.05, 4.69) is 4.98 Å². The van der Waals surface area contributed by atoms with Gasteiger partial charge in [-0.1, -0.05) is 6.92 Å². The number of aromatic nitrogens is 4. The van der Waals surface area contributed by atoms with Crippen LogP contribution < -0.4 is 11.2 Å². The van der Waals surface area contributed by atoms with E-state index >= 15 is 0 Å². The molecule has 0 saturated heterocycles. The summed E-state index contributed by atoms with van der Waals surface area (Å²) in [6, 6.07) is 0. The Hall–Kier alpha value is -2.38. The summed E-state index contributed by atoms with van der Waals surface area (Å²) in [4.78, 5) is 39.8. The molecule has 0 aliphatic heterocycles. The van der Waals surface area contributed by atoms with E-state index in [4.69, 9.17) is 4.74 Å². The van der Waals surface area contributed by atoms with Crippen LogP contribution in [0.3, 0.4) is 0 Å². The molecule has 8 heteroatoms. The molecule has 1 aliphatic carbocycles. The number of hydrogen-bond acceptors (Lipinski definition) is 5. The summed E-state index contributed by atoms with van der Waals surface area (Å²) >= 11 is 0. The first-order valence-corrected chi connectivity index (χ1v) is 7.19. The van der Waals surface area contributed by atoms with Crippen LogP contribution in [-0.4, -0.2) is 31.3 Å². The van der Waals surface area contributed by atoms with Gasteiger partial charge < -0.3 is 9.30 Å². The Bertz CT molecular complexity index is 860. The van der Waals surface area contributed by atoms with Crippen LogP contribution in [0.2, 0.25) is 0 Å². The summed E-state index contributed by atoms with van der Waals surface area (Å²) in [5.74, 6) is 0.244. The van der Waals surface area contributed by atoms with Gasteiger partial charge in [0.1, 0.15) is 6.61 Å². The highest BCUT2D eigenvalue weighted by atomic mass is 16.5. The van der Waals surface area contributed by atoms with Crippen LogP contribution in [-0.2, 0) is 30.2 Å². The second-order valence-electron chi connectivity index (χ2n) is 5.80. The quantitative estimate of drug-likeness (QED) is 0.719. The van der Waals surface area contributed by atoms with Crippen molar-refractivity contribution in [2.24, 2.45) is 25.9 Å². The van der Waals surface area contributed by atoms with Crippen LogP contribution in [0.25, 0.3) is 11.2 Å². The van der Waals surface area contributed by atoms with Crippen molar-refractivity contribution in [1.82, 2.24) is 18.7 Å². The lowest BCUT2D eigenvalue weighted by molar-refractivity contribution is -0.145. The molecule has 118 valence electrons. The number of rotatable bonds is 4. The van der Waals surface area contributed by atoms with E-state index in [1.807, 2.05) is 6.92 Å². The maximum absolute atomic E-state index is 12.2. The Morgan fingerprint density at radius 2 is 2.05 bits per heavy atom. The third-order valence-corrected chi connectivity index (χ3v) is 4.21. The van der Waals surface area contributed by atoms with E-state index in [0.717, 1.165) is 11.0 Å². The van der Waals surface area contributed by atoms with E-state index in [9.17, 15) is 14.4 Å². The number of carbonyl (C=O) groups excluding carboxylic acids is 1. The molecule has 2 unspecified atom stereocenters. The Balaban J connectivity index is 1.82. The molecule has 0 amide bonds. The smallest absolute Gasteiger partial charge is 0.332 e. The van der Waals surface area contributed by atoms with Crippen molar-refractivity contribution in [2.75, 3.05) is 6.61 Å². The summed E-state index contributed by atoms with van der Waals surface area (Å²) in [6.45, 7) is 2.52. The van der Waals surface area contributed by atoms with Gasteiger partial charge in [-0.2, -0.15) is 0 Å². The normalized spacial score (nSPS) is 20.3. The van der Waals surface area contributed by atoms with Crippen molar-refractivity contribution < 1.29 is 9.53 Å². The van der Waals surface area contributed by atoms with Crippen molar-refractivity contribution in [3.63, 3.8) is 0 Å². The van der Waals surface area contributed by atoms with Crippen LogP contribution in [0.1, 0.15) is 13.3 Å². The zero-order valence-corrected chi connectivity index (χ0v) is 12.8. The summed E-state index contributed by atoms with van der Waals surface area (Å²) in [5, 5.41) is 0. The van der Waals surface area contributed by atoms with Crippen molar-refractivity contribution in [1.29, 1.82) is 0 Å². The minimum atomic E-state index is -0.420. The predicted molar refractivity (Wildman–Crippen MR) is 78.4 cm³/mol. The summed E-state index contributed by atoms with van der Waals surface area (Å²) in [5.41, 5.74) is -0.162.